The second-order valence-corrected chi connectivity index (χ2v) is 4.72. The van der Waals surface area contributed by atoms with Crippen molar-refractivity contribution in [3.05, 3.63) is 53.3 Å². The van der Waals surface area contributed by atoms with Gasteiger partial charge in [0.05, 0.1) is 11.8 Å². The van der Waals surface area contributed by atoms with E-state index < -0.39 is 0 Å². The number of nitrogens with one attached hydrogen (secondary N) is 2. The van der Waals surface area contributed by atoms with Crippen LogP contribution in [0.2, 0.25) is 0 Å². The third-order valence-corrected chi connectivity index (χ3v) is 3.44. The lowest BCUT2D eigenvalue weighted by molar-refractivity contribution is 0.102. The number of fused-ring (bicyclic) bond motifs is 1. The minimum Gasteiger partial charge on any atom is -0.505 e. The first-order valence-corrected chi connectivity index (χ1v) is 6.51. The molecular formula is C15H15N3O2. The molecule has 0 unspecified atom stereocenters. The zero-order valence-electron chi connectivity index (χ0n) is 10.9. The maximum absolute atomic E-state index is 12.2. The normalized spacial score (nSPS) is 13.6. The molecule has 1 aromatic carbocycles. The number of nitrogens with zero attached hydrogens (tertiary/aromatic N) is 1. The molecule has 1 amide bonds. The van der Waals surface area contributed by atoms with Gasteiger partial charge in [0, 0.05) is 18.4 Å². The Morgan fingerprint density at radius 1 is 1.35 bits per heavy atom. The lowest BCUT2D eigenvalue weighted by Gasteiger charge is -2.20. The second-order valence-electron chi connectivity index (χ2n) is 4.72. The summed E-state index contributed by atoms with van der Waals surface area (Å²) in [5.74, 6) is -0.447. The summed E-state index contributed by atoms with van der Waals surface area (Å²) in [5.41, 5.74) is 3.37. The highest BCUT2D eigenvalue weighted by Crippen LogP contribution is 2.24. The molecule has 0 fully saturated rings. The molecule has 3 rings (SSSR count). The molecule has 5 nitrogen and oxygen atoms in total. The fraction of sp³-hybridized carbons (Fsp3) is 0.200. The van der Waals surface area contributed by atoms with E-state index in [1.807, 2.05) is 12.1 Å². The molecule has 5 heteroatoms. The van der Waals surface area contributed by atoms with E-state index in [9.17, 15) is 9.90 Å². The number of pyridine rings is 1. The Morgan fingerprint density at radius 2 is 2.25 bits per heavy atom. The lowest BCUT2D eigenvalue weighted by atomic mass is 9.99. The molecule has 102 valence electrons. The fourth-order valence-corrected chi connectivity index (χ4v) is 2.40. The predicted octanol–water partition coefficient (Wildman–Crippen LogP) is 1.69. The minimum atomic E-state index is -0.330. The number of rotatable bonds is 2. The van der Waals surface area contributed by atoms with Crippen LogP contribution >= 0.6 is 0 Å². The van der Waals surface area contributed by atoms with E-state index in [1.54, 1.807) is 0 Å². The van der Waals surface area contributed by atoms with Gasteiger partial charge in [-0.25, -0.2) is 0 Å². The number of carbonyl (C=O) groups excluding carboxylic acids is 1. The summed E-state index contributed by atoms with van der Waals surface area (Å²) in [7, 11) is 0. The molecule has 1 aliphatic rings. The van der Waals surface area contributed by atoms with Crippen molar-refractivity contribution in [1.29, 1.82) is 0 Å². The number of anilines is 1. The smallest absolute Gasteiger partial charge is 0.259 e. The molecule has 0 radical (unpaired) electrons. The van der Waals surface area contributed by atoms with Gasteiger partial charge in [-0.05, 0) is 36.2 Å². The van der Waals surface area contributed by atoms with Gasteiger partial charge < -0.3 is 15.7 Å². The number of aromatic nitrogens is 1. The third kappa shape index (κ3) is 2.35. The predicted molar refractivity (Wildman–Crippen MR) is 75.7 cm³/mol. The Kier molecular flexibility index (Phi) is 3.35. The van der Waals surface area contributed by atoms with E-state index >= 15 is 0 Å². The van der Waals surface area contributed by atoms with Crippen LogP contribution in [-0.4, -0.2) is 22.5 Å². The number of carbonyl (C=O) groups is 1. The van der Waals surface area contributed by atoms with Crippen molar-refractivity contribution in [3.8, 4) is 5.75 Å². The van der Waals surface area contributed by atoms with Crippen LogP contribution in [0.1, 0.15) is 21.5 Å². The van der Waals surface area contributed by atoms with Crippen LogP contribution in [0.15, 0.2) is 36.7 Å². The van der Waals surface area contributed by atoms with E-state index in [0.717, 1.165) is 30.8 Å². The number of hydrogen-bond donors (Lipinski definition) is 3. The maximum Gasteiger partial charge on any atom is 0.259 e. The highest BCUT2D eigenvalue weighted by Gasteiger charge is 2.16. The third-order valence-electron chi connectivity index (χ3n) is 3.44. The van der Waals surface area contributed by atoms with Gasteiger partial charge in [-0.15, -0.1) is 0 Å². The SMILES string of the molecule is O=C(Nc1cccc2c1CNCC2)c1ccncc1O. The largest absolute Gasteiger partial charge is 0.505 e. The fourth-order valence-electron chi connectivity index (χ4n) is 2.40. The molecule has 3 N–H and O–H groups in total. The van der Waals surface area contributed by atoms with Gasteiger partial charge in [0.25, 0.3) is 5.91 Å². The van der Waals surface area contributed by atoms with Crippen LogP contribution in [-0.2, 0) is 13.0 Å². The Bertz CT molecular complexity index is 655. The highest BCUT2D eigenvalue weighted by atomic mass is 16.3. The van der Waals surface area contributed by atoms with Gasteiger partial charge in [0.1, 0.15) is 5.75 Å². The van der Waals surface area contributed by atoms with Crippen molar-refractivity contribution < 1.29 is 9.90 Å². The molecule has 1 aliphatic heterocycles. The molecular weight excluding hydrogens is 254 g/mol. The van der Waals surface area contributed by atoms with Crippen LogP contribution < -0.4 is 10.6 Å². The van der Waals surface area contributed by atoms with E-state index in [2.05, 4.69) is 21.7 Å². The molecule has 1 aromatic heterocycles. The average molecular weight is 269 g/mol. The Morgan fingerprint density at radius 3 is 3.10 bits per heavy atom. The van der Waals surface area contributed by atoms with Gasteiger partial charge in [-0.3, -0.25) is 9.78 Å². The summed E-state index contributed by atoms with van der Waals surface area (Å²) in [5, 5.41) is 15.8. The summed E-state index contributed by atoms with van der Waals surface area (Å²) < 4.78 is 0. The topological polar surface area (TPSA) is 74.2 Å². The van der Waals surface area contributed by atoms with Crippen molar-refractivity contribution in [2.24, 2.45) is 0 Å². The van der Waals surface area contributed by atoms with E-state index in [4.69, 9.17) is 0 Å². The first-order valence-electron chi connectivity index (χ1n) is 6.51. The average Bonchev–Trinajstić information content (AvgIpc) is 2.48. The van der Waals surface area contributed by atoms with Crippen molar-refractivity contribution in [2.45, 2.75) is 13.0 Å². The lowest BCUT2D eigenvalue weighted by Crippen LogP contribution is -2.25. The Labute approximate surface area is 116 Å². The van der Waals surface area contributed by atoms with E-state index in [0.29, 0.717) is 0 Å². The summed E-state index contributed by atoms with van der Waals surface area (Å²) in [6, 6.07) is 7.39. The van der Waals surface area contributed by atoms with Crippen LogP contribution in [0.5, 0.6) is 5.75 Å². The summed E-state index contributed by atoms with van der Waals surface area (Å²) in [6.45, 7) is 1.70. The quantitative estimate of drug-likeness (QED) is 0.775. The van der Waals surface area contributed by atoms with Crippen molar-refractivity contribution in [2.75, 3.05) is 11.9 Å². The molecule has 0 saturated carbocycles. The van der Waals surface area contributed by atoms with Crippen LogP contribution in [0, 0.1) is 0 Å². The Hall–Kier alpha value is -2.40. The van der Waals surface area contributed by atoms with Crippen LogP contribution in [0.25, 0.3) is 0 Å². The van der Waals surface area contributed by atoms with Crippen molar-refractivity contribution in [1.82, 2.24) is 10.3 Å². The van der Waals surface area contributed by atoms with Crippen molar-refractivity contribution in [3.63, 3.8) is 0 Å². The number of benzene rings is 1. The number of aromatic hydroxyl groups is 1. The molecule has 0 atom stereocenters. The first-order chi connectivity index (χ1) is 9.75. The molecule has 2 aromatic rings. The standard InChI is InChI=1S/C15H15N3O2/c19-14-9-17-7-5-11(14)15(20)18-13-3-1-2-10-4-6-16-8-12(10)13/h1-3,5,7,9,16,19H,4,6,8H2,(H,18,20). The molecule has 20 heavy (non-hydrogen) atoms. The first kappa shape index (κ1) is 12.6. The maximum atomic E-state index is 12.2. The second kappa shape index (κ2) is 5.30. The molecule has 0 bridgehead atoms. The van der Waals surface area contributed by atoms with Gasteiger partial charge in [0.15, 0.2) is 0 Å². The summed E-state index contributed by atoms with van der Waals surface area (Å²) >= 11 is 0. The zero-order valence-corrected chi connectivity index (χ0v) is 10.9. The van der Waals surface area contributed by atoms with Crippen LogP contribution in [0.3, 0.4) is 0 Å². The molecule has 0 aliphatic carbocycles. The van der Waals surface area contributed by atoms with Gasteiger partial charge in [-0.2, -0.15) is 0 Å². The van der Waals surface area contributed by atoms with E-state index in [-0.39, 0.29) is 17.2 Å². The number of amides is 1. The van der Waals surface area contributed by atoms with E-state index in [1.165, 1.54) is 24.0 Å². The monoisotopic (exact) mass is 269 g/mol. The molecule has 2 heterocycles. The number of hydrogen-bond acceptors (Lipinski definition) is 4. The van der Waals surface area contributed by atoms with Gasteiger partial charge >= 0.3 is 0 Å². The summed E-state index contributed by atoms with van der Waals surface area (Å²) in [6.07, 6.45) is 3.70. The van der Waals surface area contributed by atoms with Gasteiger partial charge in [0.2, 0.25) is 0 Å². The van der Waals surface area contributed by atoms with Crippen LogP contribution in [0.4, 0.5) is 5.69 Å². The van der Waals surface area contributed by atoms with Crippen molar-refractivity contribution >= 4 is 11.6 Å². The minimum absolute atomic E-state index is 0.118. The van der Waals surface area contributed by atoms with Gasteiger partial charge in [-0.1, -0.05) is 12.1 Å². The molecule has 0 saturated heterocycles. The zero-order chi connectivity index (χ0) is 13.9. The summed E-state index contributed by atoms with van der Waals surface area (Å²) in [4.78, 5) is 16.0. The highest BCUT2D eigenvalue weighted by molar-refractivity contribution is 6.06. The molecule has 0 spiro atoms. The Balaban J connectivity index is 1.89.